The third-order valence-electron chi connectivity index (χ3n) is 2.57. The van der Waals surface area contributed by atoms with Crippen molar-refractivity contribution >= 4 is 5.69 Å². The van der Waals surface area contributed by atoms with Crippen molar-refractivity contribution in [1.82, 2.24) is 0 Å². The first-order valence-corrected chi connectivity index (χ1v) is 5.58. The SMILES string of the molecule is CCC(COC)Nc1cc(OC)ccc1C#N. The van der Waals surface area contributed by atoms with Gasteiger partial charge in [-0.25, -0.2) is 0 Å². The van der Waals surface area contributed by atoms with Crippen molar-refractivity contribution in [3.05, 3.63) is 23.8 Å². The average molecular weight is 234 g/mol. The first-order valence-electron chi connectivity index (χ1n) is 5.58. The molecule has 0 radical (unpaired) electrons. The molecule has 0 saturated heterocycles. The lowest BCUT2D eigenvalue weighted by Crippen LogP contribution is -2.24. The van der Waals surface area contributed by atoms with E-state index in [9.17, 15) is 0 Å². The van der Waals surface area contributed by atoms with Gasteiger partial charge < -0.3 is 14.8 Å². The maximum Gasteiger partial charge on any atom is 0.121 e. The van der Waals surface area contributed by atoms with Crippen LogP contribution >= 0.6 is 0 Å². The number of hydrogen-bond acceptors (Lipinski definition) is 4. The van der Waals surface area contributed by atoms with Crippen LogP contribution in [0.15, 0.2) is 18.2 Å². The fraction of sp³-hybridized carbons (Fsp3) is 0.462. The molecule has 0 heterocycles. The van der Waals surface area contributed by atoms with E-state index in [0.717, 1.165) is 17.9 Å². The van der Waals surface area contributed by atoms with Gasteiger partial charge in [0.15, 0.2) is 0 Å². The van der Waals surface area contributed by atoms with Crippen LogP contribution in [0.25, 0.3) is 0 Å². The quantitative estimate of drug-likeness (QED) is 0.821. The standard InChI is InChI=1S/C13H18N2O2/c1-4-11(9-16-2)15-13-7-12(17-3)6-5-10(13)8-14/h5-7,11,15H,4,9H2,1-3H3. The molecule has 4 nitrogen and oxygen atoms in total. The summed E-state index contributed by atoms with van der Waals surface area (Å²) in [5, 5.41) is 12.3. The van der Waals surface area contributed by atoms with Gasteiger partial charge in [0.1, 0.15) is 11.8 Å². The van der Waals surface area contributed by atoms with Crippen molar-refractivity contribution < 1.29 is 9.47 Å². The number of methoxy groups -OCH3 is 2. The van der Waals surface area contributed by atoms with E-state index < -0.39 is 0 Å². The molecule has 1 aromatic rings. The summed E-state index contributed by atoms with van der Waals surface area (Å²) < 4.78 is 10.3. The highest BCUT2D eigenvalue weighted by molar-refractivity contribution is 5.60. The number of rotatable bonds is 6. The fourth-order valence-electron chi connectivity index (χ4n) is 1.55. The molecule has 0 aliphatic heterocycles. The van der Waals surface area contributed by atoms with Gasteiger partial charge in [-0.05, 0) is 18.6 Å². The second kappa shape index (κ2) is 6.77. The monoisotopic (exact) mass is 234 g/mol. The summed E-state index contributed by atoms with van der Waals surface area (Å²) in [6.07, 6.45) is 0.927. The smallest absolute Gasteiger partial charge is 0.121 e. The second-order valence-corrected chi connectivity index (χ2v) is 3.73. The largest absolute Gasteiger partial charge is 0.497 e. The third kappa shape index (κ3) is 3.65. The van der Waals surface area contributed by atoms with Crippen LogP contribution < -0.4 is 10.1 Å². The summed E-state index contributed by atoms with van der Waals surface area (Å²) in [5.41, 5.74) is 1.40. The molecule has 0 aliphatic carbocycles. The zero-order valence-corrected chi connectivity index (χ0v) is 10.5. The lowest BCUT2D eigenvalue weighted by molar-refractivity contribution is 0.184. The Hall–Kier alpha value is -1.73. The van der Waals surface area contributed by atoms with E-state index >= 15 is 0 Å². The second-order valence-electron chi connectivity index (χ2n) is 3.73. The number of nitrogens with one attached hydrogen (secondary N) is 1. The molecule has 0 saturated carbocycles. The fourth-order valence-corrected chi connectivity index (χ4v) is 1.55. The van der Waals surface area contributed by atoms with E-state index in [0.29, 0.717) is 12.2 Å². The van der Waals surface area contributed by atoms with Crippen LogP contribution in [-0.4, -0.2) is 26.9 Å². The Labute approximate surface area is 102 Å². The summed E-state index contributed by atoms with van der Waals surface area (Å²) in [6, 6.07) is 7.71. The van der Waals surface area contributed by atoms with Crippen molar-refractivity contribution in [2.24, 2.45) is 0 Å². The summed E-state index contributed by atoms with van der Waals surface area (Å²) in [6.45, 7) is 2.68. The number of nitrogens with zero attached hydrogens (tertiary/aromatic N) is 1. The van der Waals surface area contributed by atoms with E-state index in [4.69, 9.17) is 14.7 Å². The van der Waals surface area contributed by atoms with Crippen LogP contribution in [0.2, 0.25) is 0 Å². The lowest BCUT2D eigenvalue weighted by atomic mass is 10.1. The van der Waals surface area contributed by atoms with Gasteiger partial charge in [0.2, 0.25) is 0 Å². The first-order chi connectivity index (χ1) is 8.24. The van der Waals surface area contributed by atoms with Gasteiger partial charge >= 0.3 is 0 Å². The molecule has 0 fully saturated rings. The third-order valence-corrected chi connectivity index (χ3v) is 2.57. The van der Waals surface area contributed by atoms with Crippen LogP contribution in [0.1, 0.15) is 18.9 Å². The van der Waals surface area contributed by atoms with Crippen LogP contribution in [0.5, 0.6) is 5.75 Å². The number of benzene rings is 1. The summed E-state index contributed by atoms with van der Waals surface area (Å²) in [4.78, 5) is 0. The molecule has 1 N–H and O–H groups in total. The van der Waals surface area contributed by atoms with E-state index in [1.165, 1.54) is 0 Å². The van der Waals surface area contributed by atoms with Gasteiger partial charge in [0.25, 0.3) is 0 Å². The molecule has 92 valence electrons. The van der Waals surface area contributed by atoms with E-state index in [2.05, 4.69) is 18.3 Å². The summed E-state index contributed by atoms with van der Waals surface area (Å²) in [5.74, 6) is 0.735. The van der Waals surface area contributed by atoms with Gasteiger partial charge in [-0.3, -0.25) is 0 Å². The van der Waals surface area contributed by atoms with Gasteiger partial charge in [0.05, 0.1) is 25.0 Å². The predicted molar refractivity (Wildman–Crippen MR) is 67.3 cm³/mol. The molecule has 1 atom stereocenters. The Kier molecular flexibility index (Phi) is 5.31. The summed E-state index contributed by atoms with van der Waals surface area (Å²) >= 11 is 0. The molecule has 0 aliphatic rings. The maximum atomic E-state index is 9.04. The van der Waals surface area contributed by atoms with Crippen molar-refractivity contribution in [1.29, 1.82) is 5.26 Å². The number of anilines is 1. The first kappa shape index (κ1) is 13.3. The van der Waals surface area contributed by atoms with Crippen LogP contribution in [-0.2, 0) is 4.74 Å². The minimum Gasteiger partial charge on any atom is -0.497 e. The minimum atomic E-state index is 0.194. The molecule has 17 heavy (non-hydrogen) atoms. The Morgan fingerprint density at radius 3 is 2.71 bits per heavy atom. The van der Waals surface area contributed by atoms with Crippen LogP contribution in [0.3, 0.4) is 0 Å². The number of ether oxygens (including phenoxy) is 2. The molecular weight excluding hydrogens is 216 g/mol. The maximum absolute atomic E-state index is 9.04. The zero-order valence-electron chi connectivity index (χ0n) is 10.5. The van der Waals surface area contributed by atoms with Gasteiger partial charge in [-0.2, -0.15) is 5.26 Å². The molecular formula is C13H18N2O2. The van der Waals surface area contributed by atoms with E-state index in [-0.39, 0.29) is 6.04 Å². The Morgan fingerprint density at radius 2 is 2.18 bits per heavy atom. The molecule has 1 rings (SSSR count). The van der Waals surface area contributed by atoms with Crippen molar-refractivity contribution in [2.45, 2.75) is 19.4 Å². The Bertz CT molecular complexity index is 399. The highest BCUT2D eigenvalue weighted by Gasteiger charge is 2.09. The topological polar surface area (TPSA) is 54.3 Å². The number of hydrogen-bond donors (Lipinski definition) is 1. The van der Waals surface area contributed by atoms with E-state index in [1.54, 1.807) is 26.4 Å². The number of nitriles is 1. The summed E-state index contributed by atoms with van der Waals surface area (Å²) in [7, 11) is 3.28. The van der Waals surface area contributed by atoms with Gasteiger partial charge in [0, 0.05) is 19.2 Å². The van der Waals surface area contributed by atoms with Crippen molar-refractivity contribution in [3.8, 4) is 11.8 Å². The molecule has 1 aromatic carbocycles. The van der Waals surface area contributed by atoms with Crippen LogP contribution in [0.4, 0.5) is 5.69 Å². The molecule has 4 heteroatoms. The molecule has 0 bridgehead atoms. The normalized spacial score (nSPS) is 11.6. The average Bonchev–Trinajstić information content (AvgIpc) is 2.38. The minimum absolute atomic E-state index is 0.194. The van der Waals surface area contributed by atoms with Crippen molar-refractivity contribution in [3.63, 3.8) is 0 Å². The highest BCUT2D eigenvalue weighted by atomic mass is 16.5. The van der Waals surface area contributed by atoms with Gasteiger partial charge in [-0.15, -0.1) is 0 Å². The Morgan fingerprint density at radius 1 is 1.41 bits per heavy atom. The zero-order chi connectivity index (χ0) is 12.7. The molecule has 0 aromatic heterocycles. The molecule has 0 amide bonds. The van der Waals surface area contributed by atoms with Gasteiger partial charge in [-0.1, -0.05) is 6.92 Å². The Balaban J connectivity index is 2.90. The highest BCUT2D eigenvalue weighted by Crippen LogP contribution is 2.23. The lowest BCUT2D eigenvalue weighted by Gasteiger charge is -2.18. The van der Waals surface area contributed by atoms with Crippen molar-refractivity contribution in [2.75, 3.05) is 26.1 Å². The van der Waals surface area contributed by atoms with E-state index in [1.807, 2.05) is 6.07 Å². The molecule has 1 unspecified atom stereocenters. The van der Waals surface area contributed by atoms with Crippen LogP contribution in [0, 0.1) is 11.3 Å². The predicted octanol–water partition coefficient (Wildman–Crippen LogP) is 2.40. The molecule has 0 spiro atoms.